The molecule has 1 aromatic carbocycles. The summed E-state index contributed by atoms with van der Waals surface area (Å²) in [4.78, 5) is 2.18. The molecule has 0 aliphatic heterocycles. The summed E-state index contributed by atoms with van der Waals surface area (Å²) in [5.41, 5.74) is 1.11. The Kier molecular flexibility index (Phi) is 5.44. The molecule has 0 fully saturated rings. The average Bonchev–Trinajstić information content (AvgIpc) is 2.35. The van der Waals surface area contributed by atoms with Gasteiger partial charge in [-0.05, 0) is 45.6 Å². The van der Waals surface area contributed by atoms with Gasteiger partial charge >= 0.3 is 0 Å². The topological polar surface area (TPSA) is 44.7 Å². The van der Waals surface area contributed by atoms with Crippen LogP contribution in [0.4, 0.5) is 0 Å². The second-order valence-corrected chi connectivity index (χ2v) is 4.87. The summed E-state index contributed by atoms with van der Waals surface area (Å²) in [6, 6.07) is 6.15. The zero-order valence-corrected chi connectivity index (χ0v) is 11.9. The largest absolute Gasteiger partial charge is 0.504 e. The molecular weight excluding hydrogens is 228 g/mol. The summed E-state index contributed by atoms with van der Waals surface area (Å²) < 4.78 is 5.11. The number of aromatic hydroxyl groups is 1. The van der Waals surface area contributed by atoms with Crippen LogP contribution in [-0.4, -0.2) is 43.8 Å². The summed E-state index contributed by atoms with van der Waals surface area (Å²) in [7, 11) is 5.70. The van der Waals surface area contributed by atoms with Gasteiger partial charge in [0.1, 0.15) is 0 Å². The first kappa shape index (κ1) is 14.8. The third-order valence-corrected chi connectivity index (χ3v) is 3.30. The molecule has 1 aromatic rings. The van der Waals surface area contributed by atoms with E-state index in [4.69, 9.17) is 4.74 Å². The molecule has 0 saturated carbocycles. The third-order valence-electron chi connectivity index (χ3n) is 3.30. The highest BCUT2D eigenvalue weighted by Gasteiger charge is 2.11. The lowest BCUT2D eigenvalue weighted by Crippen LogP contribution is -2.36. The number of nitrogens with zero attached hydrogens (tertiary/aromatic N) is 1. The summed E-state index contributed by atoms with van der Waals surface area (Å²) in [6.45, 7) is 5.20. The van der Waals surface area contributed by atoms with Gasteiger partial charge in [-0.2, -0.15) is 0 Å². The summed E-state index contributed by atoms with van der Waals surface area (Å²) in [5.74, 6) is 0.692. The van der Waals surface area contributed by atoms with E-state index in [0.717, 1.165) is 12.1 Å². The molecule has 0 amide bonds. The average molecular weight is 252 g/mol. The Morgan fingerprint density at radius 1 is 1.33 bits per heavy atom. The minimum Gasteiger partial charge on any atom is -0.504 e. The van der Waals surface area contributed by atoms with E-state index in [1.165, 1.54) is 0 Å². The van der Waals surface area contributed by atoms with Gasteiger partial charge < -0.3 is 20.1 Å². The van der Waals surface area contributed by atoms with Gasteiger partial charge in [0.25, 0.3) is 0 Å². The van der Waals surface area contributed by atoms with Crippen molar-refractivity contribution in [2.75, 3.05) is 27.7 Å². The van der Waals surface area contributed by atoms with Crippen LogP contribution in [0.3, 0.4) is 0 Å². The van der Waals surface area contributed by atoms with Crippen molar-refractivity contribution in [3.63, 3.8) is 0 Å². The normalized spacial score (nSPS) is 14.6. The van der Waals surface area contributed by atoms with Crippen LogP contribution in [0.1, 0.15) is 25.5 Å². The predicted octanol–water partition coefficient (Wildman–Crippen LogP) is 2.00. The van der Waals surface area contributed by atoms with Crippen molar-refractivity contribution < 1.29 is 9.84 Å². The first-order chi connectivity index (χ1) is 8.45. The van der Waals surface area contributed by atoms with Crippen molar-refractivity contribution in [1.29, 1.82) is 0 Å². The molecule has 0 aliphatic rings. The second kappa shape index (κ2) is 6.61. The second-order valence-electron chi connectivity index (χ2n) is 4.87. The van der Waals surface area contributed by atoms with E-state index in [1.54, 1.807) is 13.2 Å². The van der Waals surface area contributed by atoms with Crippen molar-refractivity contribution in [2.45, 2.75) is 25.9 Å². The maximum atomic E-state index is 9.56. The molecule has 0 aromatic heterocycles. The van der Waals surface area contributed by atoms with Crippen LogP contribution in [0.15, 0.2) is 18.2 Å². The minimum absolute atomic E-state index is 0.176. The summed E-state index contributed by atoms with van der Waals surface area (Å²) in [5, 5.41) is 13.0. The Hall–Kier alpha value is -1.26. The lowest BCUT2D eigenvalue weighted by molar-refractivity contribution is 0.295. The number of nitrogens with one attached hydrogen (secondary N) is 1. The fourth-order valence-electron chi connectivity index (χ4n) is 1.61. The fourth-order valence-corrected chi connectivity index (χ4v) is 1.61. The van der Waals surface area contributed by atoms with Crippen LogP contribution in [0.25, 0.3) is 0 Å². The molecule has 2 unspecified atom stereocenters. The van der Waals surface area contributed by atoms with E-state index in [-0.39, 0.29) is 11.8 Å². The number of ether oxygens (including phenoxy) is 1. The molecule has 18 heavy (non-hydrogen) atoms. The van der Waals surface area contributed by atoms with Crippen LogP contribution in [-0.2, 0) is 0 Å². The zero-order valence-electron chi connectivity index (χ0n) is 11.9. The van der Waals surface area contributed by atoms with Crippen molar-refractivity contribution in [1.82, 2.24) is 10.2 Å². The maximum absolute atomic E-state index is 9.56. The molecule has 0 radical (unpaired) electrons. The molecule has 4 heteroatoms. The van der Waals surface area contributed by atoms with E-state index in [0.29, 0.717) is 11.8 Å². The first-order valence-corrected chi connectivity index (χ1v) is 6.22. The van der Waals surface area contributed by atoms with Crippen molar-refractivity contribution in [3.8, 4) is 11.5 Å². The van der Waals surface area contributed by atoms with Gasteiger partial charge in [0.05, 0.1) is 7.11 Å². The van der Waals surface area contributed by atoms with E-state index in [9.17, 15) is 5.11 Å². The van der Waals surface area contributed by atoms with Gasteiger partial charge in [-0.15, -0.1) is 0 Å². The highest BCUT2D eigenvalue weighted by molar-refractivity contribution is 5.42. The fraction of sp³-hybridized carbons (Fsp3) is 0.571. The van der Waals surface area contributed by atoms with E-state index in [1.807, 2.05) is 12.1 Å². The van der Waals surface area contributed by atoms with Crippen LogP contribution in [0.2, 0.25) is 0 Å². The number of phenolic OH excluding ortho intramolecular Hbond substituents is 1. The van der Waals surface area contributed by atoms with Crippen LogP contribution in [0.5, 0.6) is 11.5 Å². The first-order valence-electron chi connectivity index (χ1n) is 6.22. The Morgan fingerprint density at radius 2 is 2.00 bits per heavy atom. The van der Waals surface area contributed by atoms with Gasteiger partial charge in [0.2, 0.25) is 0 Å². The van der Waals surface area contributed by atoms with Gasteiger partial charge in [-0.3, -0.25) is 0 Å². The highest BCUT2D eigenvalue weighted by Crippen LogP contribution is 2.28. The number of phenols is 1. The third kappa shape index (κ3) is 3.89. The smallest absolute Gasteiger partial charge is 0.160 e. The molecule has 4 nitrogen and oxygen atoms in total. The van der Waals surface area contributed by atoms with Crippen molar-refractivity contribution in [3.05, 3.63) is 23.8 Å². The van der Waals surface area contributed by atoms with Crippen molar-refractivity contribution in [2.24, 2.45) is 0 Å². The zero-order chi connectivity index (χ0) is 13.7. The molecule has 2 N–H and O–H groups in total. The predicted molar refractivity (Wildman–Crippen MR) is 74.2 cm³/mol. The van der Waals surface area contributed by atoms with Gasteiger partial charge in [0, 0.05) is 18.6 Å². The monoisotopic (exact) mass is 252 g/mol. The van der Waals surface area contributed by atoms with E-state index in [2.05, 4.69) is 38.2 Å². The maximum Gasteiger partial charge on any atom is 0.160 e. The molecule has 2 atom stereocenters. The molecule has 1 rings (SSSR count). The summed E-state index contributed by atoms with van der Waals surface area (Å²) >= 11 is 0. The molecule has 102 valence electrons. The van der Waals surface area contributed by atoms with Crippen LogP contribution >= 0.6 is 0 Å². The van der Waals surface area contributed by atoms with Crippen molar-refractivity contribution >= 4 is 0 Å². The molecule has 0 heterocycles. The number of hydrogen-bond acceptors (Lipinski definition) is 4. The number of rotatable bonds is 6. The van der Waals surface area contributed by atoms with E-state index >= 15 is 0 Å². The molecular formula is C14H24N2O2. The van der Waals surface area contributed by atoms with Crippen LogP contribution in [0, 0.1) is 0 Å². The Bertz CT molecular complexity index is 380. The number of hydrogen-bond donors (Lipinski definition) is 2. The molecule has 0 aliphatic carbocycles. The Morgan fingerprint density at radius 3 is 2.56 bits per heavy atom. The number of likely N-dealkylation sites (N-methyl/N-ethyl adjacent to an activating group) is 1. The minimum atomic E-state index is 0.176. The van der Waals surface area contributed by atoms with E-state index < -0.39 is 0 Å². The number of benzene rings is 1. The van der Waals surface area contributed by atoms with Gasteiger partial charge in [0.15, 0.2) is 11.5 Å². The Labute approximate surface area is 110 Å². The lowest BCUT2D eigenvalue weighted by atomic mass is 10.1. The molecule has 0 spiro atoms. The molecule has 0 bridgehead atoms. The Balaban J connectivity index is 2.64. The van der Waals surface area contributed by atoms with Gasteiger partial charge in [-0.25, -0.2) is 0 Å². The number of methoxy groups -OCH3 is 1. The summed E-state index contributed by atoms with van der Waals surface area (Å²) in [6.07, 6.45) is 0. The standard InChI is InChI=1S/C14H24N2O2/c1-10(16(3)4)9-15-11(2)12-6-7-13(17)14(8-12)18-5/h6-8,10-11,15,17H,9H2,1-5H3. The van der Waals surface area contributed by atoms with Gasteiger partial charge in [-0.1, -0.05) is 6.07 Å². The lowest BCUT2D eigenvalue weighted by Gasteiger charge is -2.23. The quantitative estimate of drug-likeness (QED) is 0.813. The highest BCUT2D eigenvalue weighted by atomic mass is 16.5. The van der Waals surface area contributed by atoms with Crippen LogP contribution < -0.4 is 10.1 Å². The molecule has 0 saturated heterocycles. The SMILES string of the molecule is COc1cc(C(C)NCC(C)N(C)C)ccc1O.